The molecule has 1 N–H and O–H groups in total. The summed E-state index contributed by atoms with van der Waals surface area (Å²) in [6, 6.07) is 5.25. The van der Waals surface area contributed by atoms with Crippen LogP contribution >= 0.6 is 23.2 Å². The van der Waals surface area contributed by atoms with E-state index in [1.165, 1.54) is 0 Å². The molecule has 2 fully saturated rings. The molecule has 2 aromatic rings. The van der Waals surface area contributed by atoms with Crippen molar-refractivity contribution in [1.82, 2.24) is 15.0 Å². The van der Waals surface area contributed by atoms with Crippen LogP contribution in [0.2, 0.25) is 10.0 Å². The van der Waals surface area contributed by atoms with Crippen LogP contribution in [0.25, 0.3) is 0 Å². The molecule has 2 saturated heterocycles. The Balaban J connectivity index is 1.65. The van der Waals surface area contributed by atoms with Crippen molar-refractivity contribution in [3.8, 4) is 0 Å². The molecule has 3 heterocycles. The van der Waals surface area contributed by atoms with Gasteiger partial charge in [0.1, 0.15) is 0 Å². The molecular formula is C17H20Cl2N6O2. The van der Waals surface area contributed by atoms with Gasteiger partial charge in [0.2, 0.25) is 17.8 Å². The topological polar surface area (TPSA) is 75.6 Å². The lowest BCUT2D eigenvalue weighted by molar-refractivity contribution is 0.121. The molecule has 0 bridgehead atoms. The maximum atomic E-state index is 6.28. The third-order valence-electron chi connectivity index (χ3n) is 4.38. The number of rotatable bonds is 4. The van der Waals surface area contributed by atoms with Gasteiger partial charge in [0.25, 0.3) is 0 Å². The Hall–Kier alpha value is -1.87. The van der Waals surface area contributed by atoms with Gasteiger partial charge in [-0.25, -0.2) is 0 Å². The second-order valence-electron chi connectivity index (χ2n) is 6.21. The van der Waals surface area contributed by atoms with Gasteiger partial charge in [0.05, 0.1) is 37.1 Å². The predicted octanol–water partition coefficient (Wildman–Crippen LogP) is 2.60. The lowest BCUT2D eigenvalue weighted by Crippen LogP contribution is -2.40. The Bertz CT molecular complexity index is 761. The summed E-state index contributed by atoms with van der Waals surface area (Å²) in [6.45, 7) is 5.60. The number of benzene rings is 1. The number of morpholine rings is 2. The molecule has 1 aromatic carbocycles. The summed E-state index contributed by atoms with van der Waals surface area (Å²) in [5.74, 6) is 1.70. The van der Waals surface area contributed by atoms with E-state index in [-0.39, 0.29) is 0 Å². The smallest absolute Gasteiger partial charge is 0.233 e. The van der Waals surface area contributed by atoms with E-state index < -0.39 is 0 Å². The number of nitrogens with zero attached hydrogens (tertiary/aromatic N) is 5. The maximum absolute atomic E-state index is 6.28. The minimum atomic E-state index is 0.442. The molecule has 0 saturated carbocycles. The van der Waals surface area contributed by atoms with Crippen molar-refractivity contribution in [2.24, 2.45) is 0 Å². The van der Waals surface area contributed by atoms with Gasteiger partial charge in [-0.2, -0.15) is 15.0 Å². The van der Waals surface area contributed by atoms with Crippen LogP contribution in [0.1, 0.15) is 0 Å². The molecule has 0 radical (unpaired) electrons. The number of hydrogen-bond donors (Lipinski definition) is 1. The Labute approximate surface area is 167 Å². The van der Waals surface area contributed by atoms with Crippen molar-refractivity contribution in [1.29, 1.82) is 0 Å². The molecule has 10 heteroatoms. The van der Waals surface area contributed by atoms with Crippen LogP contribution < -0.4 is 15.1 Å². The SMILES string of the molecule is Clc1ccc(Nc2nc(N3CCOCC3)nc(N3CCOCC3)n2)c(Cl)c1. The molecular weight excluding hydrogens is 391 g/mol. The fraction of sp³-hybridized carbons (Fsp3) is 0.471. The molecule has 4 rings (SSSR count). The van der Waals surface area contributed by atoms with Gasteiger partial charge < -0.3 is 24.6 Å². The summed E-state index contributed by atoms with van der Waals surface area (Å²) in [4.78, 5) is 18.1. The van der Waals surface area contributed by atoms with Crippen LogP contribution in [-0.2, 0) is 9.47 Å². The normalized spacial score (nSPS) is 17.9. The fourth-order valence-corrected chi connectivity index (χ4v) is 3.39. The standard InChI is InChI=1S/C17H20Cl2N6O2/c18-12-1-2-14(13(19)11-12)20-15-21-16(24-3-7-26-8-4-24)23-17(22-15)25-5-9-27-10-6-25/h1-2,11H,3-10H2,(H,20,21,22,23). The number of halogens is 2. The van der Waals surface area contributed by atoms with Gasteiger partial charge in [-0.15, -0.1) is 0 Å². The number of nitrogens with one attached hydrogen (secondary N) is 1. The van der Waals surface area contributed by atoms with Crippen LogP contribution in [0.15, 0.2) is 18.2 Å². The second kappa shape index (κ2) is 8.43. The Morgan fingerprint density at radius 3 is 1.89 bits per heavy atom. The van der Waals surface area contributed by atoms with E-state index >= 15 is 0 Å². The molecule has 0 unspecified atom stereocenters. The highest BCUT2D eigenvalue weighted by Gasteiger charge is 2.21. The van der Waals surface area contributed by atoms with Gasteiger partial charge in [0.15, 0.2) is 0 Å². The van der Waals surface area contributed by atoms with Gasteiger partial charge in [-0.1, -0.05) is 23.2 Å². The molecule has 8 nitrogen and oxygen atoms in total. The minimum Gasteiger partial charge on any atom is -0.378 e. The zero-order valence-corrected chi connectivity index (χ0v) is 16.2. The van der Waals surface area contributed by atoms with Crippen LogP contribution in [0.5, 0.6) is 0 Å². The van der Waals surface area contributed by atoms with Gasteiger partial charge in [-0.05, 0) is 18.2 Å². The van der Waals surface area contributed by atoms with Crippen molar-refractivity contribution in [2.45, 2.75) is 0 Å². The first kappa shape index (κ1) is 18.5. The van der Waals surface area contributed by atoms with Crippen molar-refractivity contribution in [2.75, 3.05) is 67.7 Å². The third kappa shape index (κ3) is 4.52. The molecule has 0 spiro atoms. The van der Waals surface area contributed by atoms with E-state index in [1.807, 2.05) is 0 Å². The number of aromatic nitrogens is 3. The van der Waals surface area contributed by atoms with Gasteiger partial charge in [0, 0.05) is 31.2 Å². The Kier molecular flexibility index (Phi) is 5.77. The van der Waals surface area contributed by atoms with Crippen molar-refractivity contribution >= 4 is 46.7 Å². The van der Waals surface area contributed by atoms with Crippen LogP contribution in [0.3, 0.4) is 0 Å². The largest absolute Gasteiger partial charge is 0.378 e. The summed E-state index contributed by atoms with van der Waals surface area (Å²) in [6.07, 6.45) is 0. The van der Waals surface area contributed by atoms with Crippen molar-refractivity contribution in [3.63, 3.8) is 0 Å². The lowest BCUT2D eigenvalue weighted by Gasteiger charge is -2.30. The number of hydrogen-bond acceptors (Lipinski definition) is 8. The van der Waals surface area contributed by atoms with Crippen LogP contribution in [0, 0.1) is 0 Å². The lowest BCUT2D eigenvalue weighted by atomic mass is 10.3. The molecule has 2 aliphatic rings. The number of anilines is 4. The molecule has 0 atom stereocenters. The third-order valence-corrected chi connectivity index (χ3v) is 4.93. The first-order chi connectivity index (χ1) is 13.2. The Morgan fingerprint density at radius 1 is 0.815 bits per heavy atom. The first-order valence-corrected chi connectivity index (χ1v) is 9.58. The van der Waals surface area contributed by atoms with Crippen LogP contribution in [-0.4, -0.2) is 67.6 Å². The monoisotopic (exact) mass is 410 g/mol. The van der Waals surface area contributed by atoms with Gasteiger partial charge in [-0.3, -0.25) is 0 Å². The van der Waals surface area contributed by atoms with Gasteiger partial charge >= 0.3 is 0 Å². The number of ether oxygens (including phenoxy) is 2. The summed E-state index contributed by atoms with van der Waals surface area (Å²) in [5.41, 5.74) is 0.688. The van der Waals surface area contributed by atoms with E-state index in [4.69, 9.17) is 32.7 Å². The predicted molar refractivity (Wildman–Crippen MR) is 106 cm³/mol. The summed E-state index contributed by atoms with van der Waals surface area (Å²) < 4.78 is 10.9. The maximum Gasteiger partial charge on any atom is 0.233 e. The zero-order valence-electron chi connectivity index (χ0n) is 14.7. The summed E-state index contributed by atoms with van der Waals surface area (Å²) >= 11 is 12.3. The fourth-order valence-electron chi connectivity index (χ4n) is 2.93. The highest BCUT2D eigenvalue weighted by Crippen LogP contribution is 2.28. The average molecular weight is 411 g/mol. The molecule has 2 aliphatic heterocycles. The summed E-state index contributed by atoms with van der Waals surface area (Å²) in [7, 11) is 0. The molecule has 0 amide bonds. The first-order valence-electron chi connectivity index (χ1n) is 8.82. The van der Waals surface area contributed by atoms with Crippen LogP contribution in [0.4, 0.5) is 23.5 Å². The second-order valence-corrected chi connectivity index (χ2v) is 7.05. The molecule has 1 aromatic heterocycles. The van der Waals surface area contributed by atoms with E-state index in [1.54, 1.807) is 18.2 Å². The minimum absolute atomic E-state index is 0.442. The van der Waals surface area contributed by atoms with Crippen molar-refractivity contribution < 1.29 is 9.47 Å². The quantitative estimate of drug-likeness (QED) is 0.823. The van der Waals surface area contributed by atoms with Crippen molar-refractivity contribution in [3.05, 3.63) is 28.2 Å². The van der Waals surface area contributed by atoms with E-state index in [9.17, 15) is 0 Å². The average Bonchev–Trinajstić information content (AvgIpc) is 2.71. The molecule has 144 valence electrons. The van der Waals surface area contributed by atoms with E-state index in [0.29, 0.717) is 60.0 Å². The highest BCUT2D eigenvalue weighted by atomic mass is 35.5. The molecule has 0 aliphatic carbocycles. The zero-order chi connectivity index (χ0) is 18.6. The van der Waals surface area contributed by atoms with E-state index in [2.05, 4.69) is 30.1 Å². The Morgan fingerprint density at radius 2 is 1.37 bits per heavy atom. The summed E-state index contributed by atoms with van der Waals surface area (Å²) in [5, 5.41) is 4.27. The highest BCUT2D eigenvalue weighted by molar-refractivity contribution is 6.36. The molecule has 27 heavy (non-hydrogen) atoms. The van der Waals surface area contributed by atoms with E-state index in [0.717, 1.165) is 26.2 Å².